The molecule has 0 radical (unpaired) electrons. The first-order valence-electron chi connectivity index (χ1n) is 6.64. The van der Waals surface area contributed by atoms with Crippen molar-refractivity contribution in [2.45, 2.75) is 85.6 Å². The first-order valence-corrected chi connectivity index (χ1v) is 7.09. The Hall–Kier alpha value is 0.310. The zero-order chi connectivity index (χ0) is 14.1. The van der Waals surface area contributed by atoms with Crippen LogP contribution in [0.5, 0.6) is 0 Å². The number of hydrogen-bond acceptors (Lipinski definition) is 2. The van der Waals surface area contributed by atoms with Crippen molar-refractivity contribution < 1.29 is 0 Å². The summed E-state index contributed by atoms with van der Waals surface area (Å²) in [4.78, 5) is -0.118. The average molecular weight is 260 g/mol. The number of thiol groups is 1. The molecule has 2 heteroatoms. The lowest BCUT2D eigenvalue weighted by Crippen LogP contribution is -2.53. The standard InChI is InChI=1S/C15H33NS/c1-12(2,3)10-14(7,8)16-15(9,17)11-13(4,5)6/h16-17H,10-11H2,1-9H3. The summed E-state index contributed by atoms with van der Waals surface area (Å²) in [5.74, 6) is 0. The largest absolute Gasteiger partial charge is 0.298 e. The van der Waals surface area contributed by atoms with E-state index in [0.29, 0.717) is 10.8 Å². The Kier molecular flexibility index (Phi) is 5.22. The summed E-state index contributed by atoms with van der Waals surface area (Å²) in [6, 6.07) is 0. The Morgan fingerprint density at radius 3 is 1.35 bits per heavy atom. The molecule has 0 fully saturated rings. The number of nitrogens with one attached hydrogen (secondary N) is 1. The SMILES string of the molecule is CC(C)(C)CC(C)(C)NC(C)(S)CC(C)(C)C. The third-order valence-electron chi connectivity index (χ3n) is 2.45. The van der Waals surface area contributed by atoms with Crippen LogP contribution in [-0.2, 0) is 0 Å². The molecule has 0 aromatic rings. The normalized spacial score (nSPS) is 18.0. The maximum Gasteiger partial charge on any atom is 0.0596 e. The molecule has 0 saturated heterocycles. The van der Waals surface area contributed by atoms with Gasteiger partial charge in [-0.3, -0.25) is 5.32 Å². The van der Waals surface area contributed by atoms with Gasteiger partial charge in [0, 0.05) is 5.54 Å². The van der Waals surface area contributed by atoms with Crippen LogP contribution in [0.15, 0.2) is 0 Å². The molecule has 1 unspecified atom stereocenters. The average Bonchev–Trinajstić information content (AvgIpc) is 1.65. The predicted molar refractivity (Wildman–Crippen MR) is 82.7 cm³/mol. The van der Waals surface area contributed by atoms with Gasteiger partial charge < -0.3 is 0 Å². The fourth-order valence-corrected chi connectivity index (χ4v) is 3.95. The minimum absolute atomic E-state index is 0.111. The van der Waals surface area contributed by atoms with Crippen LogP contribution in [0.3, 0.4) is 0 Å². The fraction of sp³-hybridized carbons (Fsp3) is 1.00. The maximum absolute atomic E-state index is 4.81. The molecule has 1 atom stereocenters. The monoisotopic (exact) mass is 259 g/mol. The third-order valence-corrected chi connectivity index (χ3v) is 2.72. The van der Waals surface area contributed by atoms with Crippen LogP contribution in [0.4, 0.5) is 0 Å². The maximum atomic E-state index is 4.81. The van der Waals surface area contributed by atoms with Crippen molar-refractivity contribution in [2.75, 3.05) is 0 Å². The van der Waals surface area contributed by atoms with Gasteiger partial charge in [0.15, 0.2) is 0 Å². The van der Waals surface area contributed by atoms with E-state index in [1.165, 1.54) is 0 Å². The van der Waals surface area contributed by atoms with Gasteiger partial charge in [-0.05, 0) is 44.4 Å². The lowest BCUT2D eigenvalue weighted by Gasteiger charge is -2.42. The Morgan fingerprint density at radius 1 is 0.706 bits per heavy atom. The van der Waals surface area contributed by atoms with E-state index in [0.717, 1.165) is 12.8 Å². The molecule has 1 nitrogen and oxygen atoms in total. The zero-order valence-electron chi connectivity index (χ0n) is 13.4. The van der Waals surface area contributed by atoms with Gasteiger partial charge in [0.2, 0.25) is 0 Å². The minimum atomic E-state index is -0.118. The van der Waals surface area contributed by atoms with Gasteiger partial charge in [0.25, 0.3) is 0 Å². The van der Waals surface area contributed by atoms with Gasteiger partial charge in [-0.25, -0.2) is 0 Å². The molecule has 0 rings (SSSR count). The summed E-state index contributed by atoms with van der Waals surface area (Å²) in [6.45, 7) is 20.4. The first kappa shape index (κ1) is 17.3. The highest BCUT2D eigenvalue weighted by Crippen LogP contribution is 2.34. The highest BCUT2D eigenvalue weighted by atomic mass is 32.1. The van der Waals surface area contributed by atoms with Crippen molar-refractivity contribution >= 4 is 12.6 Å². The van der Waals surface area contributed by atoms with Crippen molar-refractivity contribution in [1.29, 1.82) is 0 Å². The fourth-order valence-electron chi connectivity index (χ4n) is 3.18. The lowest BCUT2D eigenvalue weighted by atomic mass is 9.80. The van der Waals surface area contributed by atoms with Gasteiger partial charge in [0.05, 0.1) is 4.87 Å². The third kappa shape index (κ3) is 9.96. The predicted octanol–water partition coefficient (Wildman–Crippen LogP) is 4.87. The molecule has 1 N–H and O–H groups in total. The molecule has 17 heavy (non-hydrogen) atoms. The van der Waals surface area contributed by atoms with Crippen LogP contribution in [0, 0.1) is 10.8 Å². The zero-order valence-corrected chi connectivity index (χ0v) is 14.3. The van der Waals surface area contributed by atoms with E-state index < -0.39 is 0 Å². The molecule has 0 spiro atoms. The van der Waals surface area contributed by atoms with Gasteiger partial charge >= 0.3 is 0 Å². The highest BCUT2D eigenvalue weighted by Gasteiger charge is 2.34. The van der Waals surface area contributed by atoms with Crippen molar-refractivity contribution in [2.24, 2.45) is 10.8 Å². The van der Waals surface area contributed by atoms with E-state index >= 15 is 0 Å². The first-order chi connectivity index (χ1) is 7.12. The van der Waals surface area contributed by atoms with Crippen LogP contribution in [0.25, 0.3) is 0 Å². The van der Waals surface area contributed by atoms with Crippen molar-refractivity contribution in [3.05, 3.63) is 0 Å². The summed E-state index contributed by atoms with van der Waals surface area (Å²) < 4.78 is 0. The summed E-state index contributed by atoms with van der Waals surface area (Å²) in [5.41, 5.74) is 0.739. The summed E-state index contributed by atoms with van der Waals surface area (Å²) in [5, 5.41) is 3.71. The molecular weight excluding hydrogens is 226 g/mol. The quantitative estimate of drug-likeness (QED) is 0.542. The van der Waals surface area contributed by atoms with Crippen LogP contribution in [0.1, 0.15) is 75.2 Å². The molecular formula is C15H33NS. The molecule has 0 heterocycles. The topological polar surface area (TPSA) is 12.0 Å². The summed E-state index contributed by atoms with van der Waals surface area (Å²) >= 11 is 4.81. The Bertz CT molecular complexity index is 215. The van der Waals surface area contributed by atoms with Crippen LogP contribution >= 0.6 is 12.6 Å². The molecule has 0 aromatic heterocycles. The highest BCUT2D eigenvalue weighted by molar-refractivity contribution is 7.81. The Morgan fingerprint density at radius 2 is 1.06 bits per heavy atom. The van der Waals surface area contributed by atoms with Crippen LogP contribution in [0.2, 0.25) is 0 Å². The van der Waals surface area contributed by atoms with Crippen LogP contribution < -0.4 is 5.32 Å². The molecule has 0 amide bonds. The molecule has 0 bridgehead atoms. The Labute approximate surface area is 115 Å². The van der Waals surface area contributed by atoms with Crippen molar-refractivity contribution in [1.82, 2.24) is 5.32 Å². The smallest absolute Gasteiger partial charge is 0.0596 e. The lowest BCUT2D eigenvalue weighted by molar-refractivity contribution is 0.192. The number of hydrogen-bond donors (Lipinski definition) is 2. The second-order valence-corrected chi connectivity index (χ2v) is 9.74. The van der Waals surface area contributed by atoms with Gasteiger partial charge in [0.1, 0.15) is 0 Å². The van der Waals surface area contributed by atoms with Crippen molar-refractivity contribution in [3.63, 3.8) is 0 Å². The van der Waals surface area contributed by atoms with E-state index in [1.54, 1.807) is 0 Å². The Balaban J connectivity index is 4.59. The van der Waals surface area contributed by atoms with E-state index in [-0.39, 0.29) is 10.4 Å². The molecule has 0 saturated carbocycles. The summed E-state index contributed by atoms with van der Waals surface area (Å²) in [7, 11) is 0. The second-order valence-electron chi connectivity index (χ2n) is 8.76. The molecule has 0 aliphatic heterocycles. The molecule has 0 aliphatic carbocycles. The molecule has 0 aliphatic rings. The van der Waals surface area contributed by atoms with Gasteiger partial charge in [-0.1, -0.05) is 41.5 Å². The van der Waals surface area contributed by atoms with E-state index in [9.17, 15) is 0 Å². The summed E-state index contributed by atoms with van der Waals surface area (Å²) in [6.07, 6.45) is 2.19. The van der Waals surface area contributed by atoms with Gasteiger partial charge in [-0.15, -0.1) is 0 Å². The van der Waals surface area contributed by atoms with E-state index in [1.807, 2.05) is 0 Å². The van der Waals surface area contributed by atoms with Gasteiger partial charge in [-0.2, -0.15) is 12.6 Å². The molecule has 104 valence electrons. The van der Waals surface area contributed by atoms with Crippen LogP contribution in [-0.4, -0.2) is 10.4 Å². The minimum Gasteiger partial charge on any atom is -0.298 e. The number of rotatable bonds is 4. The van der Waals surface area contributed by atoms with Crippen molar-refractivity contribution in [3.8, 4) is 0 Å². The van der Waals surface area contributed by atoms with E-state index in [2.05, 4.69) is 67.6 Å². The van der Waals surface area contributed by atoms with E-state index in [4.69, 9.17) is 12.6 Å². The molecule has 0 aromatic carbocycles. The second kappa shape index (κ2) is 5.13.